The predicted molar refractivity (Wildman–Crippen MR) is 115 cm³/mol. The first-order valence-electron chi connectivity index (χ1n) is 10.1. The molecule has 0 spiro atoms. The topological polar surface area (TPSA) is 71.0 Å². The number of amides is 1. The quantitative estimate of drug-likeness (QED) is 0.652. The summed E-state index contributed by atoms with van der Waals surface area (Å²) in [6.07, 6.45) is 5.18. The summed E-state index contributed by atoms with van der Waals surface area (Å²) in [5.41, 5.74) is 2.21. The van der Waals surface area contributed by atoms with Gasteiger partial charge in [0.2, 0.25) is 11.0 Å². The number of nitrogens with zero attached hydrogens (tertiary/aromatic N) is 4. The summed E-state index contributed by atoms with van der Waals surface area (Å²) in [6, 6.07) is 16.1. The highest BCUT2D eigenvalue weighted by Gasteiger charge is 2.27. The molecule has 0 saturated carbocycles. The normalized spacial score (nSPS) is 16.6. The van der Waals surface area contributed by atoms with Crippen molar-refractivity contribution in [2.24, 2.45) is 5.92 Å². The fraction of sp³-hybridized carbons (Fsp3) is 0.364. The number of benzene rings is 1. The van der Waals surface area contributed by atoms with Crippen molar-refractivity contribution in [3.05, 3.63) is 71.8 Å². The molecule has 29 heavy (non-hydrogen) atoms. The van der Waals surface area contributed by atoms with Crippen LogP contribution in [0.1, 0.15) is 29.9 Å². The second-order valence-corrected chi connectivity index (χ2v) is 8.03. The van der Waals surface area contributed by atoms with Gasteiger partial charge in [0.05, 0.1) is 5.92 Å². The van der Waals surface area contributed by atoms with E-state index in [1.54, 1.807) is 6.20 Å². The third-order valence-electron chi connectivity index (χ3n) is 5.13. The number of carbonyl (C=O) groups excluding carboxylic acids is 1. The van der Waals surface area contributed by atoms with E-state index in [1.165, 1.54) is 17.1 Å². The fourth-order valence-corrected chi connectivity index (χ4v) is 4.31. The van der Waals surface area contributed by atoms with Gasteiger partial charge in [0.25, 0.3) is 0 Å². The molecule has 3 aromatic rings. The van der Waals surface area contributed by atoms with Crippen LogP contribution in [0.4, 0.5) is 5.13 Å². The minimum absolute atomic E-state index is 0.00560. The molecule has 1 amide bonds. The molecule has 1 saturated heterocycles. The van der Waals surface area contributed by atoms with Crippen molar-refractivity contribution >= 4 is 22.6 Å². The van der Waals surface area contributed by atoms with Crippen molar-refractivity contribution in [1.82, 2.24) is 19.7 Å². The molecule has 3 heterocycles. The Bertz CT molecular complexity index is 915. The van der Waals surface area contributed by atoms with Crippen LogP contribution in [0.2, 0.25) is 0 Å². The molecule has 1 fully saturated rings. The van der Waals surface area contributed by atoms with Gasteiger partial charge in [-0.25, -0.2) is 4.98 Å². The Morgan fingerprint density at radius 3 is 2.86 bits per heavy atom. The lowest BCUT2D eigenvalue weighted by atomic mass is 9.97. The summed E-state index contributed by atoms with van der Waals surface area (Å²) in [6.45, 7) is 2.25. The van der Waals surface area contributed by atoms with Crippen molar-refractivity contribution in [3.63, 3.8) is 0 Å². The van der Waals surface area contributed by atoms with Crippen LogP contribution in [-0.4, -0.2) is 39.9 Å². The Morgan fingerprint density at radius 1 is 1.17 bits per heavy atom. The highest BCUT2D eigenvalue weighted by molar-refractivity contribution is 7.09. The molecule has 0 bridgehead atoms. The van der Waals surface area contributed by atoms with Gasteiger partial charge in [-0.15, -0.1) is 0 Å². The summed E-state index contributed by atoms with van der Waals surface area (Å²) in [4.78, 5) is 23.8. The minimum atomic E-state index is -0.00560. The van der Waals surface area contributed by atoms with E-state index in [0.717, 1.165) is 48.9 Å². The van der Waals surface area contributed by atoms with Crippen molar-refractivity contribution in [3.8, 4) is 0 Å². The molecule has 1 aromatic carbocycles. The van der Waals surface area contributed by atoms with Crippen molar-refractivity contribution in [2.45, 2.75) is 25.7 Å². The summed E-state index contributed by atoms with van der Waals surface area (Å²) in [7, 11) is 0. The van der Waals surface area contributed by atoms with Crippen LogP contribution in [0.3, 0.4) is 0 Å². The molecule has 1 atom stereocenters. The van der Waals surface area contributed by atoms with E-state index in [9.17, 15) is 4.79 Å². The summed E-state index contributed by atoms with van der Waals surface area (Å²) in [5.74, 6) is 0.965. The SMILES string of the molecule is O=C(NCCc1ccccn1)[C@H]1CCCN(c2nc(Cc3ccccc3)ns2)C1. The van der Waals surface area contributed by atoms with Crippen molar-refractivity contribution in [1.29, 1.82) is 0 Å². The monoisotopic (exact) mass is 407 g/mol. The highest BCUT2D eigenvalue weighted by Crippen LogP contribution is 2.25. The maximum atomic E-state index is 12.6. The van der Waals surface area contributed by atoms with E-state index in [2.05, 4.69) is 31.7 Å². The smallest absolute Gasteiger partial charge is 0.224 e. The fourth-order valence-electron chi connectivity index (χ4n) is 3.59. The first-order chi connectivity index (χ1) is 14.3. The van der Waals surface area contributed by atoms with E-state index in [0.29, 0.717) is 13.1 Å². The Kier molecular flexibility index (Phi) is 6.46. The van der Waals surface area contributed by atoms with E-state index in [-0.39, 0.29) is 11.8 Å². The first kappa shape index (κ1) is 19.5. The van der Waals surface area contributed by atoms with Gasteiger partial charge in [-0.2, -0.15) is 4.37 Å². The number of aromatic nitrogens is 3. The Morgan fingerprint density at radius 2 is 2.03 bits per heavy atom. The molecule has 0 unspecified atom stereocenters. The lowest BCUT2D eigenvalue weighted by Crippen LogP contribution is -2.43. The van der Waals surface area contributed by atoms with Crippen molar-refractivity contribution < 1.29 is 4.79 Å². The average Bonchev–Trinajstić information content (AvgIpc) is 3.24. The molecule has 4 rings (SSSR count). The van der Waals surface area contributed by atoms with Crippen LogP contribution in [0.5, 0.6) is 0 Å². The number of nitrogens with one attached hydrogen (secondary N) is 1. The van der Waals surface area contributed by atoms with E-state index in [1.807, 2.05) is 36.4 Å². The van der Waals surface area contributed by atoms with Crippen LogP contribution in [0, 0.1) is 5.92 Å². The van der Waals surface area contributed by atoms with Crippen LogP contribution >= 0.6 is 11.5 Å². The number of carbonyl (C=O) groups is 1. The molecular formula is C22H25N5OS. The summed E-state index contributed by atoms with van der Waals surface area (Å²) < 4.78 is 4.52. The molecule has 1 aliphatic rings. The standard InChI is InChI=1S/C22H25N5OS/c28-21(24-13-11-19-10-4-5-12-23-19)18-9-6-14-27(16-18)22-25-20(26-29-22)15-17-7-2-1-3-8-17/h1-5,7-8,10,12,18H,6,9,11,13-16H2,(H,24,28)/t18-/m0/s1. The lowest BCUT2D eigenvalue weighted by molar-refractivity contribution is -0.125. The van der Waals surface area contributed by atoms with E-state index < -0.39 is 0 Å². The Hall–Kier alpha value is -2.80. The van der Waals surface area contributed by atoms with Gasteiger partial charge in [0.1, 0.15) is 5.82 Å². The number of hydrogen-bond acceptors (Lipinski definition) is 6. The van der Waals surface area contributed by atoms with Gasteiger partial charge in [0, 0.05) is 55.9 Å². The zero-order valence-electron chi connectivity index (χ0n) is 16.3. The number of hydrogen-bond donors (Lipinski definition) is 1. The van der Waals surface area contributed by atoms with Gasteiger partial charge in [-0.3, -0.25) is 9.78 Å². The number of rotatable bonds is 7. The molecule has 0 radical (unpaired) electrons. The molecular weight excluding hydrogens is 382 g/mol. The zero-order chi connectivity index (χ0) is 19.9. The lowest BCUT2D eigenvalue weighted by Gasteiger charge is -2.31. The van der Waals surface area contributed by atoms with Crippen LogP contribution in [0.15, 0.2) is 54.7 Å². The maximum Gasteiger partial charge on any atom is 0.224 e. The zero-order valence-corrected chi connectivity index (χ0v) is 17.1. The Labute approximate surface area is 175 Å². The minimum Gasteiger partial charge on any atom is -0.355 e. The summed E-state index contributed by atoms with van der Waals surface area (Å²) in [5, 5.41) is 3.99. The summed E-state index contributed by atoms with van der Waals surface area (Å²) >= 11 is 1.43. The molecule has 7 heteroatoms. The number of anilines is 1. The van der Waals surface area contributed by atoms with Crippen LogP contribution in [-0.2, 0) is 17.6 Å². The van der Waals surface area contributed by atoms with Gasteiger partial charge < -0.3 is 10.2 Å². The van der Waals surface area contributed by atoms with E-state index in [4.69, 9.17) is 4.98 Å². The van der Waals surface area contributed by atoms with Gasteiger partial charge in [-0.05, 0) is 30.5 Å². The van der Waals surface area contributed by atoms with Crippen molar-refractivity contribution in [2.75, 3.05) is 24.5 Å². The molecule has 6 nitrogen and oxygen atoms in total. The molecule has 150 valence electrons. The van der Waals surface area contributed by atoms with Crippen LogP contribution in [0.25, 0.3) is 0 Å². The highest BCUT2D eigenvalue weighted by atomic mass is 32.1. The molecule has 1 aliphatic heterocycles. The van der Waals surface area contributed by atoms with Crippen LogP contribution < -0.4 is 10.2 Å². The predicted octanol–water partition coefficient (Wildman–Crippen LogP) is 3.10. The molecule has 1 N–H and O–H groups in total. The van der Waals surface area contributed by atoms with Gasteiger partial charge in [-0.1, -0.05) is 36.4 Å². The van der Waals surface area contributed by atoms with E-state index >= 15 is 0 Å². The Balaban J connectivity index is 1.29. The number of piperidine rings is 1. The maximum absolute atomic E-state index is 12.6. The second-order valence-electron chi connectivity index (χ2n) is 7.30. The number of pyridine rings is 1. The third kappa shape index (κ3) is 5.38. The largest absolute Gasteiger partial charge is 0.355 e. The van der Waals surface area contributed by atoms with Gasteiger partial charge >= 0.3 is 0 Å². The molecule has 0 aliphatic carbocycles. The first-order valence-corrected chi connectivity index (χ1v) is 10.8. The molecule has 2 aromatic heterocycles. The third-order valence-corrected chi connectivity index (χ3v) is 5.95. The van der Waals surface area contributed by atoms with Gasteiger partial charge in [0.15, 0.2) is 0 Å². The second kappa shape index (κ2) is 9.60. The average molecular weight is 408 g/mol.